The van der Waals surface area contributed by atoms with Crippen LogP contribution in [0.3, 0.4) is 0 Å². The van der Waals surface area contributed by atoms with Crippen LogP contribution in [0.1, 0.15) is 10.4 Å². The van der Waals surface area contributed by atoms with Gasteiger partial charge >= 0.3 is 5.97 Å². The second kappa shape index (κ2) is 4.13. The SMILES string of the molecule is O=C(O)c1cccc2c1ncn2-c1ccccc1O. The second-order valence-corrected chi connectivity index (χ2v) is 4.08. The van der Waals surface area contributed by atoms with Gasteiger partial charge in [-0.15, -0.1) is 0 Å². The number of hydrogen-bond acceptors (Lipinski definition) is 3. The number of imidazole rings is 1. The number of aromatic nitrogens is 2. The van der Waals surface area contributed by atoms with E-state index >= 15 is 0 Å². The minimum Gasteiger partial charge on any atom is -0.506 e. The predicted molar refractivity (Wildman–Crippen MR) is 69.7 cm³/mol. The molecule has 1 aromatic heterocycles. The van der Waals surface area contributed by atoms with Gasteiger partial charge in [-0.3, -0.25) is 4.57 Å². The molecular weight excluding hydrogens is 244 g/mol. The quantitative estimate of drug-likeness (QED) is 0.736. The van der Waals surface area contributed by atoms with Gasteiger partial charge in [-0.25, -0.2) is 9.78 Å². The first-order chi connectivity index (χ1) is 9.18. The monoisotopic (exact) mass is 254 g/mol. The minimum absolute atomic E-state index is 0.113. The fraction of sp³-hybridized carbons (Fsp3) is 0. The van der Waals surface area contributed by atoms with E-state index in [1.54, 1.807) is 41.0 Å². The maximum absolute atomic E-state index is 11.1. The highest BCUT2D eigenvalue weighted by molar-refractivity contribution is 6.01. The Morgan fingerprint density at radius 1 is 1.11 bits per heavy atom. The molecule has 5 heteroatoms. The van der Waals surface area contributed by atoms with Crippen molar-refractivity contribution in [2.75, 3.05) is 0 Å². The van der Waals surface area contributed by atoms with Gasteiger partial charge in [-0.2, -0.15) is 0 Å². The van der Waals surface area contributed by atoms with Gasteiger partial charge in [0.2, 0.25) is 0 Å². The topological polar surface area (TPSA) is 75.3 Å². The molecule has 0 bridgehead atoms. The largest absolute Gasteiger partial charge is 0.506 e. The number of rotatable bonds is 2. The third kappa shape index (κ3) is 1.72. The van der Waals surface area contributed by atoms with Crippen LogP contribution in [0.5, 0.6) is 5.75 Å². The van der Waals surface area contributed by atoms with Gasteiger partial charge in [0.05, 0.1) is 16.8 Å². The molecule has 0 radical (unpaired) electrons. The maximum Gasteiger partial charge on any atom is 0.337 e. The Balaban J connectivity index is 2.31. The number of hydrogen-bond donors (Lipinski definition) is 2. The molecule has 0 spiro atoms. The molecule has 3 aromatic rings. The van der Waals surface area contributed by atoms with Crippen molar-refractivity contribution >= 4 is 17.0 Å². The van der Waals surface area contributed by atoms with E-state index in [2.05, 4.69) is 4.98 Å². The second-order valence-electron chi connectivity index (χ2n) is 4.08. The van der Waals surface area contributed by atoms with E-state index in [9.17, 15) is 9.90 Å². The fourth-order valence-electron chi connectivity index (χ4n) is 2.07. The zero-order valence-corrected chi connectivity index (χ0v) is 9.82. The highest BCUT2D eigenvalue weighted by Crippen LogP contribution is 2.26. The van der Waals surface area contributed by atoms with Gasteiger partial charge in [-0.1, -0.05) is 18.2 Å². The van der Waals surface area contributed by atoms with Crippen LogP contribution in [0.2, 0.25) is 0 Å². The van der Waals surface area contributed by atoms with E-state index in [0.717, 1.165) is 0 Å². The Morgan fingerprint density at radius 2 is 1.89 bits per heavy atom. The van der Waals surface area contributed by atoms with Crippen LogP contribution in [0.4, 0.5) is 0 Å². The van der Waals surface area contributed by atoms with Crippen molar-refractivity contribution in [3.63, 3.8) is 0 Å². The van der Waals surface area contributed by atoms with E-state index in [-0.39, 0.29) is 11.3 Å². The Hall–Kier alpha value is -2.82. The lowest BCUT2D eigenvalue weighted by atomic mass is 10.2. The van der Waals surface area contributed by atoms with Crippen molar-refractivity contribution in [1.82, 2.24) is 9.55 Å². The third-order valence-corrected chi connectivity index (χ3v) is 2.95. The van der Waals surface area contributed by atoms with Gasteiger partial charge in [0.15, 0.2) is 0 Å². The van der Waals surface area contributed by atoms with Crippen LogP contribution in [0, 0.1) is 0 Å². The molecule has 0 saturated carbocycles. The first-order valence-corrected chi connectivity index (χ1v) is 5.66. The van der Waals surface area contributed by atoms with E-state index in [1.807, 2.05) is 0 Å². The van der Waals surface area contributed by atoms with Crippen molar-refractivity contribution in [3.05, 3.63) is 54.4 Å². The zero-order valence-electron chi connectivity index (χ0n) is 9.82. The summed E-state index contributed by atoms with van der Waals surface area (Å²) in [6.45, 7) is 0. The van der Waals surface area contributed by atoms with Crippen LogP contribution >= 0.6 is 0 Å². The number of phenolic OH excluding ortho intramolecular Hbond substituents is 1. The fourth-order valence-corrected chi connectivity index (χ4v) is 2.07. The number of benzene rings is 2. The normalized spacial score (nSPS) is 10.7. The first-order valence-electron chi connectivity index (χ1n) is 5.66. The molecule has 0 aliphatic heterocycles. The summed E-state index contributed by atoms with van der Waals surface area (Å²) < 4.78 is 1.66. The zero-order chi connectivity index (χ0) is 13.4. The third-order valence-electron chi connectivity index (χ3n) is 2.95. The van der Waals surface area contributed by atoms with Crippen LogP contribution in [0.15, 0.2) is 48.8 Å². The molecule has 2 N–H and O–H groups in total. The lowest BCUT2D eigenvalue weighted by molar-refractivity contribution is 0.0699. The average Bonchev–Trinajstić information content (AvgIpc) is 2.82. The lowest BCUT2D eigenvalue weighted by Crippen LogP contribution is -1.98. The van der Waals surface area contributed by atoms with Crippen LogP contribution in [-0.4, -0.2) is 25.7 Å². The van der Waals surface area contributed by atoms with E-state index in [0.29, 0.717) is 16.7 Å². The number of aromatic hydroxyl groups is 1. The molecule has 0 atom stereocenters. The molecule has 0 saturated heterocycles. The molecular formula is C14H10N2O3. The summed E-state index contributed by atoms with van der Waals surface area (Å²) in [5.41, 5.74) is 1.75. The maximum atomic E-state index is 11.1. The number of nitrogens with zero attached hydrogens (tertiary/aromatic N) is 2. The molecule has 0 aliphatic rings. The molecule has 2 aromatic carbocycles. The van der Waals surface area contributed by atoms with Crippen LogP contribution in [-0.2, 0) is 0 Å². The van der Waals surface area contributed by atoms with Crippen molar-refractivity contribution < 1.29 is 15.0 Å². The number of aromatic carboxylic acids is 1. The highest BCUT2D eigenvalue weighted by atomic mass is 16.4. The standard InChI is InChI=1S/C14H10N2O3/c17-12-7-2-1-5-10(12)16-8-15-13-9(14(18)19)4-3-6-11(13)16/h1-8,17H,(H,18,19). The molecule has 3 rings (SSSR count). The van der Waals surface area contributed by atoms with E-state index in [1.165, 1.54) is 12.4 Å². The molecule has 0 aliphatic carbocycles. The Kier molecular flexibility index (Phi) is 2.45. The molecule has 0 unspecified atom stereocenters. The van der Waals surface area contributed by atoms with Gasteiger partial charge in [0.1, 0.15) is 17.6 Å². The lowest BCUT2D eigenvalue weighted by Gasteiger charge is -2.06. The summed E-state index contributed by atoms with van der Waals surface area (Å²) in [4.78, 5) is 15.3. The van der Waals surface area contributed by atoms with Crippen molar-refractivity contribution in [3.8, 4) is 11.4 Å². The van der Waals surface area contributed by atoms with Gasteiger partial charge in [0.25, 0.3) is 0 Å². The molecule has 0 amide bonds. The molecule has 19 heavy (non-hydrogen) atoms. The molecule has 94 valence electrons. The number of carboxylic acids is 1. The summed E-state index contributed by atoms with van der Waals surface area (Å²) in [6, 6.07) is 11.8. The average molecular weight is 254 g/mol. The number of phenols is 1. The van der Waals surface area contributed by atoms with E-state index in [4.69, 9.17) is 5.11 Å². The summed E-state index contributed by atoms with van der Waals surface area (Å²) in [6.07, 6.45) is 1.51. The first kappa shape index (κ1) is 11.3. The molecule has 1 heterocycles. The highest BCUT2D eigenvalue weighted by Gasteiger charge is 2.14. The van der Waals surface area contributed by atoms with Crippen molar-refractivity contribution in [1.29, 1.82) is 0 Å². The summed E-state index contributed by atoms with van der Waals surface area (Å²) in [5.74, 6) is -0.907. The number of fused-ring (bicyclic) bond motifs is 1. The Labute approximate surface area is 108 Å². The summed E-state index contributed by atoms with van der Waals surface area (Å²) in [5, 5.41) is 19.0. The number of para-hydroxylation sites is 3. The smallest absolute Gasteiger partial charge is 0.337 e. The Morgan fingerprint density at radius 3 is 2.63 bits per heavy atom. The minimum atomic E-state index is -1.02. The number of carboxylic acid groups (broad SMARTS) is 1. The summed E-state index contributed by atoms with van der Waals surface area (Å²) >= 11 is 0. The predicted octanol–water partition coefficient (Wildman–Crippen LogP) is 2.43. The molecule has 0 fully saturated rings. The van der Waals surface area contributed by atoms with Crippen LogP contribution in [0.25, 0.3) is 16.7 Å². The number of carbonyl (C=O) groups is 1. The summed E-state index contributed by atoms with van der Waals surface area (Å²) in [7, 11) is 0. The molecule has 5 nitrogen and oxygen atoms in total. The van der Waals surface area contributed by atoms with Crippen LogP contribution < -0.4 is 0 Å². The van der Waals surface area contributed by atoms with Gasteiger partial charge in [0, 0.05) is 0 Å². The Bertz CT molecular complexity index is 777. The van der Waals surface area contributed by atoms with Crippen molar-refractivity contribution in [2.45, 2.75) is 0 Å². The van der Waals surface area contributed by atoms with Gasteiger partial charge < -0.3 is 10.2 Å². The van der Waals surface area contributed by atoms with Crippen molar-refractivity contribution in [2.24, 2.45) is 0 Å². The van der Waals surface area contributed by atoms with Gasteiger partial charge in [-0.05, 0) is 24.3 Å². The van der Waals surface area contributed by atoms with E-state index < -0.39 is 5.97 Å².